The van der Waals surface area contributed by atoms with Crippen molar-refractivity contribution in [3.63, 3.8) is 0 Å². The SMILES string of the molecule is C=C/C=C\c1c(Cc2nc(C/C(O)=C\C)c(C=C)[nH]c2=O)[nH]n(CCN2CCCC2)c1=O. The standard InChI is InChI=1S/C24H31N5O3/c1-4-7-10-18-20(27-29(24(18)32)14-13-28-11-8-9-12-28)16-22-23(31)26-19(6-3)21(25-22)15-17(30)5-2/h4-7,10,27,30H,1,3,8-9,11-16H2,2H3,(H,26,31)/b10-7-,17-5+. The van der Waals surface area contributed by atoms with Crippen LogP contribution in [-0.2, 0) is 19.4 Å². The summed E-state index contributed by atoms with van der Waals surface area (Å²) < 4.78 is 1.59. The normalized spacial score (nSPS) is 15.0. The molecule has 0 bridgehead atoms. The van der Waals surface area contributed by atoms with Gasteiger partial charge in [0.2, 0.25) is 0 Å². The molecule has 0 spiro atoms. The average molecular weight is 438 g/mol. The van der Waals surface area contributed by atoms with Gasteiger partial charge >= 0.3 is 0 Å². The van der Waals surface area contributed by atoms with Crippen LogP contribution in [0.25, 0.3) is 12.2 Å². The van der Waals surface area contributed by atoms with Crippen LogP contribution < -0.4 is 11.1 Å². The van der Waals surface area contributed by atoms with Crippen molar-refractivity contribution in [2.75, 3.05) is 19.6 Å². The molecule has 2 aromatic heterocycles. The van der Waals surface area contributed by atoms with E-state index in [1.54, 1.807) is 35.9 Å². The van der Waals surface area contributed by atoms with Gasteiger partial charge in [-0.3, -0.25) is 19.4 Å². The fourth-order valence-electron chi connectivity index (χ4n) is 3.83. The second kappa shape index (κ2) is 10.8. The minimum atomic E-state index is -0.354. The molecule has 0 amide bonds. The predicted octanol–water partition coefficient (Wildman–Crippen LogP) is 2.79. The fourth-order valence-corrected chi connectivity index (χ4v) is 3.83. The lowest BCUT2D eigenvalue weighted by Crippen LogP contribution is -2.28. The zero-order valence-electron chi connectivity index (χ0n) is 18.6. The lowest BCUT2D eigenvalue weighted by molar-refractivity contribution is 0.313. The Labute approximate surface area is 187 Å². The molecule has 1 aliphatic heterocycles. The monoisotopic (exact) mass is 437 g/mol. The van der Waals surface area contributed by atoms with E-state index in [1.165, 1.54) is 18.9 Å². The highest BCUT2D eigenvalue weighted by molar-refractivity contribution is 5.53. The quantitative estimate of drug-likeness (QED) is 0.391. The first-order valence-corrected chi connectivity index (χ1v) is 10.9. The number of aliphatic hydroxyl groups excluding tert-OH is 1. The molecule has 3 N–H and O–H groups in total. The second-order valence-electron chi connectivity index (χ2n) is 7.82. The number of likely N-dealkylation sites (tertiary alicyclic amines) is 1. The van der Waals surface area contributed by atoms with Gasteiger partial charge in [0.15, 0.2) is 0 Å². The van der Waals surface area contributed by atoms with E-state index in [2.05, 4.69) is 33.1 Å². The van der Waals surface area contributed by atoms with Crippen molar-refractivity contribution in [2.24, 2.45) is 0 Å². The summed E-state index contributed by atoms with van der Waals surface area (Å²) in [5.74, 6) is 0.148. The summed E-state index contributed by atoms with van der Waals surface area (Å²) >= 11 is 0. The van der Waals surface area contributed by atoms with Crippen LogP contribution in [0.15, 0.2) is 46.7 Å². The van der Waals surface area contributed by atoms with E-state index in [9.17, 15) is 14.7 Å². The Bertz CT molecular complexity index is 1140. The largest absolute Gasteiger partial charge is 0.512 e. The molecular weight excluding hydrogens is 406 g/mol. The molecule has 0 unspecified atom stereocenters. The number of aromatic amines is 2. The van der Waals surface area contributed by atoms with Gasteiger partial charge in [-0.15, -0.1) is 0 Å². The van der Waals surface area contributed by atoms with Crippen LogP contribution >= 0.6 is 0 Å². The van der Waals surface area contributed by atoms with Crippen molar-refractivity contribution in [2.45, 2.75) is 39.2 Å². The lowest BCUT2D eigenvalue weighted by Gasteiger charge is -2.14. The van der Waals surface area contributed by atoms with Crippen LogP contribution in [0.5, 0.6) is 0 Å². The van der Waals surface area contributed by atoms with Crippen LogP contribution in [0, 0.1) is 0 Å². The molecule has 1 fully saturated rings. The molecule has 1 saturated heterocycles. The molecule has 0 aliphatic carbocycles. The average Bonchev–Trinajstić information content (AvgIpc) is 3.41. The molecule has 170 valence electrons. The maximum atomic E-state index is 13.0. The van der Waals surface area contributed by atoms with E-state index < -0.39 is 0 Å². The maximum absolute atomic E-state index is 13.0. The van der Waals surface area contributed by atoms with Crippen LogP contribution in [0.3, 0.4) is 0 Å². The van der Waals surface area contributed by atoms with Gasteiger partial charge in [-0.2, -0.15) is 0 Å². The highest BCUT2D eigenvalue weighted by Gasteiger charge is 2.18. The van der Waals surface area contributed by atoms with E-state index in [4.69, 9.17) is 0 Å². The Balaban J connectivity index is 1.95. The first-order valence-electron chi connectivity index (χ1n) is 10.9. The van der Waals surface area contributed by atoms with Crippen LogP contribution in [0.2, 0.25) is 0 Å². The molecule has 0 aromatic carbocycles. The molecule has 8 nitrogen and oxygen atoms in total. The molecule has 3 heterocycles. The van der Waals surface area contributed by atoms with Crippen molar-refractivity contribution in [1.29, 1.82) is 0 Å². The first-order chi connectivity index (χ1) is 15.5. The zero-order valence-corrected chi connectivity index (χ0v) is 18.6. The Morgan fingerprint density at radius 2 is 1.94 bits per heavy atom. The van der Waals surface area contributed by atoms with E-state index >= 15 is 0 Å². The molecule has 0 atom stereocenters. The Hall–Kier alpha value is -3.39. The van der Waals surface area contributed by atoms with E-state index in [0.717, 1.165) is 19.6 Å². The van der Waals surface area contributed by atoms with Crippen LogP contribution in [0.1, 0.15) is 48.1 Å². The van der Waals surface area contributed by atoms with Gasteiger partial charge in [0, 0.05) is 19.4 Å². The number of H-pyrrole nitrogens is 2. The summed E-state index contributed by atoms with van der Waals surface area (Å²) in [7, 11) is 0. The summed E-state index contributed by atoms with van der Waals surface area (Å²) in [5, 5.41) is 13.1. The van der Waals surface area contributed by atoms with Crippen LogP contribution in [-0.4, -0.2) is 49.4 Å². The Kier molecular flexibility index (Phi) is 7.83. The van der Waals surface area contributed by atoms with Gasteiger partial charge in [-0.25, -0.2) is 4.98 Å². The number of aromatic nitrogens is 4. The maximum Gasteiger partial charge on any atom is 0.274 e. The van der Waals surface area contributed by atoms with E-state index in [-0.39, 0.29) is 35.4 Å². The smallest absolute Gasteiger partial charge is 0.274 e. The summed E-state index contributed by atoms with van der Waals surface area (Å²) in [6.07, 6.45) is 10.8. The van der Waals surface area contributed by atoms with Crippen molar-refractivity contribution in [3.05, 3.63) is 86.2 Å². The van der Waals surface area contributed by atoms with Gasteiger partial charge in [-0.1, -0.05) is 25.3 Å². The Morgan fingerprint density at radius 3 is 2.59 bits per heavy atom. The lowest BCUT2D eigenvalue weighted by atomic mass is 10.1. The highest BCUT2D eigenvalue weighted by Crippen LogP contribution is 2.13. The number of rotatable bonds is 10. The van der Waals surface area contributed by atoms with Gasteiger partial charge in [0.1, 0.15) is 5.69 Å². The molecule has 1 aliphatic rings. The minimum Gasteiger partial charge on any atom is -0.512 e. The number of aliphatic hydroxyl groups is 1. The van der Waals surface area contributed by atoms with Crippen molar-refractivity contribution in [1.82, 2.24) is 24.6 Å². The van der Waals surface area contributed by atoms with Crippen LogP contribution in [0.4, 0.5) is 0 Å². The van der Waals surface area contributed by atoms with E-state index in [0.29, 0.717) is 29.2 Å². The molecule has 8 heteroatoms. The molecule has 2 aromatic rings. The van der Waals surface area contributed by atoms with Gasteiger partial charge < -0.3 is 15.0 Å². The summed E-state index contributed by atoms with van der Waals surface area (Å²) in [6, 6.07) is 0. The number of nitrogens with zero attached hydrogens (tertiary/aromatic N) is 3. The summed E-state index contributed by atoms with van der Waals surface area (Å²) in [6.45, 7) is 12.6. The molecule has 32 heavy (non-hydrogen) atoms. The predicted molar refractivity (Wildman–Crippen MR) is 128 cm³/mol. The highest BCUT2D eigenvalue weighted by atomic mass is 16.3. The van der Waals surface area contributed by atoms with E-state index in [1.807, 2.05) is 0 Å². The van der Waals surface area contributed by atoms with Gasteiger partial charge in [0.05, 0.1) is 34.9 Å². The number of hydrogen-bond donors (Lipinski definition) is 3. The second-order valence-corrected chi connectivity index (χ2v) is 7.82. The molecule has 0 saturated carbocycles. The topological polar surface area (TPSA) is 107 Å². The number of allylic oxidation sites excluding steroid dienone is 4. The summed E-state index contributed by atoms with van der Waals surface area (Å²) in [4.78, 5) is 35.3. The Morgan fingerprint density at radius 1 is 1.19 bits per heavy atom. The third kappa shape index (κ3) is 5.45. The first kappa shape index (κ1) is 23.3. The number of nitrogens with one attached hydrogen (secondary N) is 2. The van der Waals surface area contributed by atoms with Crippen molar-refractivity contribution < 1.29 is 5.11 Å². The van der Waals surface area contributed by atoms with Crippen molar-refractivity contribution >= 4 is 12.2 Å². The molecular formula is C24H31N5O3. The molecule has 3 rings (SSSR count). The number of hydrogen-bond acceptors (Lipinski definition) is 5. The summed E-state index contributed by atoms with van der Waals surface area (Å²) in [5.41, 5.74) is 1.85. The minimum absolute atomic E-state index is 0.136. The zero-order chi connectivity index (χ0) is 23.1. The van der Waals surface area contributed by atoms with Gasteiger partial charge in [-0.05, 0) is 51.1 Å². The van der Waals surface area contributed by atoms with Crippen molar-refractivity contribution in [3.8, 4) is 0 Å². The third-order valence-corrected chi connectivity index (χ3v) is 5.63. The van der Waals surface area contributed by atoms with Gasteiger partial charge in [0.25, 0.3) is 11.1 Å². The third-order valence-electron chi connectivity index (χ3n) is 5.63. The fraction of sp³-hybridized carbons (Fsp3) is 0.375. The molecule has 0 radical (unpaired) electrons.